The van der Waals surface area contributed by atoms with Gasteiger partial charge in [0, 0.05) is 17.5 Å². The zero-order valence-corrected chi connectivity index (χ0v) is 19.3. The first-order valence-electron chi connectivity index (χ1n) is 11.7. The molecule has 5 rings (SSSR count). The van der Waals surface area contributed by atoms with Crippen molar-refractivity contribution in [2.45, 2.75) is 44.1 Å². The number of carbonyl (C=O) groups is 3. The van der Waals surface area contributed by atoms with E-state index in [2.05, 4.69) is 10.6 Å². The fourth-order valence-corrected chi connectivity index (χ4v) is 4.89. The number of benzene rings is 2. The van der Waals surface area contributed by atoms with Gasteiger partial charge in [-0.1, -0.05) is 49.2 Å². The Balaban J connectivity index is 1.37. The van der Waals surface area contributed by atoms with E-state index in [4.69, 9.17) is 5.10 Å². The minimum Gasteiger partial charge on any atom is -0.319 e. The molecule has 2 N–H and O–H groups in total. The van der Waals surface area contributed by atoms with Crippen LogP contribution in [-0.4, -0.2) is 39.1 Å². The number of halogens is 1. The second-order valence-corrected chi connectivity index (χ2v) is 9.16. The zero-order valence-electron chi connectivity index (χ0n) is 19.3. The van der Waals surface area contributed by atoms with E-state index < -0.39 is 35.7 Å². The molecule has 8 nitrogen and oxygen atoms in total. The van der Waals surface area contributed by atoms with Crippen molar-refractivity contribution in [3.8, 4) is 5.69 Å². The number of amides is 4. The Morgan fingerprint density at radius 2 is 1.80 bits per heavy atom. The SMILES string of the molecule is CC1(c2ccccc2F)NC(=O)N(CC(=O)Nc2cc(C3CCCC3)nn2-c2ccccc2)C1=O. The van der Waals surface area contributed by atoms with Gasteiger partial charge in [-0.2, -0.15) is 5.10 Å². The summed E-state index contributed by atoms with van der Waals surface area (Å²) in [5.74, 6) is -1.05. The van der Waals surface area contributed by atoms with Crippen molar-refractivity contribution < 1.29 is 18.8 Å². The molecule has 1 saturated heterocycles. The van der Waals surface area contributed by atoms with Crippen LogP contribution in [0.5, 0.6) is 0 Å². The first kappa shape index (κ1) is 22.8. The smallest absolute Gasteiger partial charge is 0.319 e. The minimum absolute atomic E-state index is 0.0459. The monoisotopic (exact) mass is 475 g/mol. The standard InChI is InChI=1S/C26H26FN5O3/c1-26(19-13-7-8-14-20(19)27)24(34)31(25(35)29-26)16-23(33)28-22-15-21(17-9-5-6-10-17)30-32(22)18-11-3-2-4-12-18/h2-4,7-8,11-15,17H,5-6,9-10,16H2,1H3,(H,28,33)(H,29,35). The second-order valence-electron chi connectivity index (χ2n) is 9.16. The number of hydrogen-bond acceptors (Lipinski definition) is 4. The maximum atomic E-state index is 14.4. The molecule has 1 aliphatic heterocycles. The third-order valence-electron chi connectivity index (χ3n) is 6.76. The van der Waals surface area contributed by atoms with Crippen molar-refractivity contribution in [2.75, 3.05) is 11.9 Å². The predicted octanol–water partition coefficient (Wildman–Crippen LogP) is 4.07. The van der Waals surface area contributed by atoms with E-state index in [1.165, 1.54) is 25.1 Å². The molecule has 2 fully saturated rings. The van der Waals surface area contributed by atoms with E-state index in [1.807, 2.05) is 36.4 Å². The average Bonchev–Trinajstić information content (AvgIpc) is 3.57. The Morgan fingerprint density at radius 3 is 2.51 bits per heavy atom. The predicted molar refractivity (Wildman–Crippen MR) is 127 cm³/mol. The number of nitrogens with one attached hydrogen (secondary N) is 2. The van der Waals surface area contributed by atoms with Crippen molar-refractivity contribution in [3.05, 3.63) is 77.7 Å². The fraction of sp³-hybridized carbons (Fsp3) is 0.308. The van der Waals surface area contributed by atoms with E-state index >= 15 is 0 Å². The number of hydrogen-bond donors (Lipinski definition) is 2. The van der Waals surface area contributed by atoms with Crippen LogP contribution in [0.25, 0.3) is 5.69 Å². The highest BCUT2D eigenvalue weighted by Crippen LogP contribution is 2.35. The van der Waals surface area contributed by atoms with Gasteiger partial charge in [0.2, 0.25) is 5.91 Å². The molecular weight excluding hydrogens is 449 g/mol. The molecule has 4 amide bonds. The molecule has 0 radical (unpaired) electrons. The summed E-state index contributed by atoms with van der Waals surface area (Å²) < 4.78 is 16.1. The number of aromatic nitrogens is 2. The van der Waals surface area contributed by atoms with Gasteiger partial charge in [0.15, 0.2) is 0 Å². The van der Waals surface area contributed by atoms with Gasteiger partial charge in [0.1, 0.15) is 23.7 Å². The number of imide groups is 1. The molecule has 9 heteroatoms. The lowest BCUT2D eigenvalue weighted by Crippen LogP contribution is -2.42. The normalized spacial score (nSPS) is 20.3. The number of nitrogens with zero attached hydrogens (tertiary/aromatic N) is 3. The maximum absolute atomic E-state index is 14.4. The molecule has 1 aromatic heterocycles. The molecule has 2 aliphatic rings. The number of anilines is 1. The molecule has 2 aromatic carbocycles. The molecule has 0 bridgehead atoms. The van der Waals surface area contributed by atoms with Crippen LogP contribution in [0, 0.1) is 5.82 Å². The highest BCUT2D eigenvalue weighted by molar-refractivity contribution is 6.10. The van der Waals surface area contributed by atoms with Gasteiger partial charge in [-0.15, -0.1) is 0 Å². The second kappa shape index (κ2) is 8.98. The lowest BCUT2D eigenvalue weighted by molar-refractivity contribution is -0.133. The van der Waals surface area contributed by atoms with E-state index in [9.17, 15) is 18.8 Å². The van der Waals surface area contributed by atoms with Gasteiger partial charge in [-0.25, -0.2) is 13.9 Å². The minimum atomic E-state index is -1.59. The van der Waals surface area contributed by atoms with Crippen LogP contribution < -0.4 is 10.6 Å². The Bertz CT molecular complexity index is 1290. The number of urea groups is 1. The maximum Gasteiger partial charge on any atom is 0.325 e. The van der Waals surface area contributed by atoms with Crippen LogP contribution in [0.3, 0.4) is 0 Å². The van der Waals surface area contributed by atoms with Crippen LogP contribution in [0.4, 0.5) is 15.0 Å². The van der Waals surface area contributed by atoms with Crippen LogP contribution >= 0.6 is 0 Å². The summed E-state index contributed by atoms with van der Waals surface area (Å²) in [6.45, 7) is 0.926. The van der Waals surface area contributed by atoms with Crippen molar-refractivity contribution in [1.29, 1.82) is 0 Å². The first-order valence-corrected chi connectivity index (χ1v) is 11.7. The number of para-hydroxylation sites is 1. The molecule has 1 aliphatic carbocycles. The van der Waals surface area contributed by atoms with Crippen LogP contribution in [0.2, 0.25) is 0 Å². The van der Waals surface area contributed by atoms with E-state index in [0.717, 1.165) is 42.0 Å². The molecular formula is C26H26FN5O3. The Hall–Kier alpha value is -4.01. The van der Waals surface area contributed by atoms with Gasteiger partial charge >= 0.3 is 6.03 Å². The average molecular weight is 476 g/mol. The fourth-order valence-electron chi connectivity index (χ4n) is 4.89. The lowest BCUT2D eigenvalue weighted by Gasteiger charge is -2.22. The molecule has 2 heterocycles. The van der Waals surface area contributed by atoms with Crippen molar-refractivity contribution in [3.63, 3.8) is 0 Å². The van der Waals surface area contributed by atoms with E-state index in [1.54, 1.807) is 10.7 Å². The molecule has 1 unspecified atom stereocenters. The van der Waals surface area contributed by atoms with Crippen LogP contribution in [0.15, 0.2) is 60.7 Å². The summed E-state index contributed by atoms with van der Waals surface area (Å²) in [4.78, 5) is 39.5. The summed E-state index contributed by atoms with van der Waals surface area (Å²) in [6, 6.07) is 16.3. The molecule has 35 heavy (non-hydrogen) atoms. The highest BCUT2D eigenvalue weighted by Gasteiger charge is 2.50. The molecule has 1 saturated carbocycles. The van der Waals surface area contributed by atoms with Crippen LogP contribution in [-0.2, 0) is 15.1 Å². The summed E-state index contributed by atoms with van der Waals surface area (Å²) in [5, 5.41) is 10.1. The molecule has 180 valence electrons. The molecule has 1 atom stereocenters. The topological polar surface area (TPSA) is 96.3 Å². The van der Waals surface area contributed by atoms with Crippen molar-refractivity contribution >= 4 is 23.7 Å². The van der Waals surface area contributed by atoms with Gasteiger partial charge < -0.3 is 10.6 Å². The lowest BCUT2D eigenvalue weighted by atomic mass is 9.91. The van der Waals surface area contributed by atoms with Gasteiger partial charge in [-0.05, 0) is 38.0 Å². The van der Waals surface area contributed by atoms with E-state index in [0.29, 0.717) is 11.7 Å². The molecule has 3 aromatic rings. The first-order chi connectivity index (χ1) is 16.9. The van der Waals surface area contributed by atoms with Gasteiger partial charge in [0.25, 0.3) is 5.91 Å². The molecule has 0 spiro atoms. The van der Waals surface area contributed by atoms with Crippen LogP contribution in [0.1, 0.15) is 49.8 Å². The highest BCUT2D eigenvalue weighted by atomic mass is 19.1. The summed E-state index contributed by atoms with van der Waals surface area (Å²) in [5.41, 5.74) is 0.145. The summed E-state index contributed by atoms with van der Waals surface area (Å²) >= 11 is 0. The van der Waals surface area contributed by atoms with Gasteiger partial charge in [-0.3, -0.25) is 14.5 Å². The van der Waals surface area contributed by atoms with Crippen molar-refractivity contribution in [2.24, 2.45) is 0 Å². The number of carbonyl (C=O) groups excluding carboxylic acids is 3. The summed E-state index contributed by atoms with van der Waals surface area (Å²) in [6.07, 6.45) is 4.40. The number of rotatable bonds is 6. The Morgan fingerprint density at radius 1 is 1.11 bits per heavy atom. The third-order valence-corrected chi connectivity index (χ3v) is 6.76. The quantitative estimate of drug-likeness (QED) is 0.525. The van der Waals surface area contributed by atoms with E-state index in [-0.39, 0.29) is 5.56 Å². The Kier molecular flexibility index (Phi) is 5.84. The van der Waals surface area contributed by atoms with Gasteiger partial charge in [0.05, 0.1) is 11.4 Å². The van der Waals surface area contributed by atoms with Crippen molar-refractivity contribution in [1.82, 2.24) is 20.0 Å². The largest absolute Gasteiger partial charge is 0.325 e. The summed E-state index contributed by atoms with van der Waals surface area (Å²) in [7, 11) is 0. The zero-order chi connectivity index (χ0) is 24.6. The Labute approximate surface area is 202 Å². The third kappa shape index (κ3) is 4.18.